The van der Waals surface area contributed by atoms with E-state index in [9.17, 15) is 10.1 Å². The molecule has 1 aromatic heterocycles. The molecule has 0 aliphatic rings. The molecule has 0 bridgehead atoms. The Bertz CT molecular complexity index is 295. The fourth-order valence-corrected chi connectivity index (χ4v) is 1.21. The van der Waals surface area contributed by atoms with Gasteiger partial charge in [-0.2, -0.15) is 5.10 Å². The molecule has 1 unspecified atom stereocenters. The molecule has 0 spiro atoms. The average molecular weight is 183 g/mol. The third kappa shape index (κ3) is 2.27. The lowest BCUT2D eigenvalue weighted by atomic mass is 10.2. The maximum absolute atomic E-state index is 10.3. The molecule has 0 aliphatic carbocycles. The average Bonchev–Trinajstić information content (AvgIpc) is 2.52. The van der Waals surface area contributed by atoms with Crippen molar-refractivity contribution in [3.63, 3.8) is 0 Å². The van der Waals surface area contributed by atoms with Gasteiger partial charge in [-0.25, -0.2) is 0 Å². The normalized spacial score (nSPS) is 12.8. The molecule has 0 saturated heterocycles. The fourth-order valence-electron chi connectivity index (χ4n) is 1.21. The van der Waals surface area contributed by atoms with Gasteiger partial charge >= 0.3 is 5.69 Å². The Balaban J connectivity index is 2.73. The van der Waals surface area contributed by atoms with E-state index < -0.39 is 4.92 Å². The van der Waals surface area contributed by atoms with Crippen LogP contribution in [0.4, 0.5) is 5.69 Å². The van der Waals surface area contributed by atoms with Crippen LogP contribution in [0.5, 0.6) is 0 Å². The Labute approximate surface area is 76.5 Å². The second kappa shape index (κ2) is 4.02. The summed E-state index contributed by atoms with van der Waals surface area (Å²) in [6, 6.07) is 0.235. The van der Waals surface area contributed by atoms with Gasteiger partial charge in [0, 0.05) is 6.04 Å². The predicted octanol–water partition coefficient (Wildman–Crippen LogP) is 2.15. The lowest BCUT2D eigenvalue weighted by molar-refractivity contribution is -0.385. The highest BCUT2D eigenvalue weighted by atomic mass is 16.6. The van der Waals surface area contributed by atoms with Gasteiger partial charge in [-0.3, -0.25) is 14.8 Å². The van der Waals surface area contributed by atoms with Crippen LogP contribution in [0.3, 0.4) is 0 Å². The van der Waals surface area contributed by atoms with E-state index in [4.69, 9.17) is 0 Å². The molecule has 5 heteroatoms. The second-order valence-corrected chi connectivity index (χ2v) is 3.07. The summed E-state index contributed by atoms with van der Waals surface area (Å²) in [6.45, 7) is 4.08. The number of rotatable bonds is 4. The molecule has 0 N–H and O–H groups in total. The Morgan fingerprint density at radius 2 is 2.46 bits per heavy atom. The Morgan fingerprint density at radius 1 is 1.77 bits per heavy atom. The van der Waals surface area contributed by atoms with Gasteiger partial charge in [0.05, 0.1) is 4.92 Å². The van der Waals surface area contributed by atoms with Crippen LogP contribution in [0, 0.1) is 10.1 Å². The smallest absolute Gasteiger partial charge is 0.263 e. The molecule has 72 valence electrons. The van der Waals surface area contributed by atoms with Crippen LogP contribution in [0.25, 0.3) is 0 Å². The van der Waals surface area contributed by atoms with Crippen LogP contribution in [0.2, 0.25) is 0 Å². The maximum atomic E-state index is 10.3. The molecule has 5 nitrogen and oxygen atoms in total. The number of nitro groups is 1. The van der Waals surface area contributed by atoms with Gasteiger partial charge in [-0.1, -0.05) is 13.3 Å². The number of aromatic nitrogens is 2. The van der Waals surface area contributed by atoms with E-state index >= 15 is 0 Å². The van der Waals surface area contributed by atoms with E-state index in [2.05, 4.69) is 12.0 Å². The molecule has 0 aliphatic heterocycles. The topological polar surface area (TPSA) is 61.0 Å². The molecule has 1 aromatic rings. The zero-order valence-corrected chi connectivity index (χ0v) is 7.80. The van der Waals surface area contributed by atoms with Crippen LogP contribution in [-0.4, -0.2) is 14.7 Å². The lowest BCUT2D eigenvalue weighted by Gasteiger charge is -2.08. The van der Waals surface area contributed by atoms with Gasteiger partial charge in [0.15, 0.2) is 0 Å². The molecule has 1 heterocycles. The molecule has 0 saturated carbocycles. The van der Waals surface area contributed by atoms with Gasteiger partial charge < -0.3 is 0 Å². The first-order valence-corrected chi connectivity index (χ1v) is 4.33. The minimum atomic E-state index is -0.428. The van der Waals surface area contributed by atoms with Crippen molar-refractivity contribution in [2.24, 2.45) is 0 Å². The number of hydrogen-bond donors (Lipinski definition) is 0. The quantitative estimate of drug-likeness (QED) is 0.530. The summed E-state index contributed by atoms with van der Waals surface area (Å²) in [6.07, 6.45) is 4.79. The first-order valence-electron chi connectivity index (χ1n) is 4.33. The van der Waals surface area contributed by atoms with Crippen molar-refractivity contribution in [1.82, 2.24) is 9.78 Å². The minimum absolute atomic E-state index is 0.0583. The van der Waals surface area contributed by atoms with Gasteiger partial charge in [0.2, 0.25) is 0 Å². The molecular formula is C8H13N3O2. The summed E-state index contributed by atoms with van der Waals surface area (Å²) in [5.74, 6) is 0. The van der Waals surface area contributed by atoms with Crippen molar-refractivity contribution in [2.75, 3.05) is 0 Å². The summed E-state index contributed by atoms with van der Waals surface area (Å²) in [7, 11) is 0. The molecule has 1 rings (SSSR count). The third-order valence-corrected chi connectivity index (χ3v) is 1.96. The second-order valence-electron chi connectivity index (χ2n) is 3.07. The molecule has 13 heavy (non-hydrogen) atoms. The van der Waals surface area contributed by atoms with E-state index in [1.807, 2.05) is 6.92 Å². The van der Waals surface area contributed by atoms with Gasteiger partial charge in [0.25, 0.3) is 0 Å². The highest BCUT2D eigenvalue weighted by Gasteiger charge is 2.11. The fraction of sp³-hybridized carbons (Fsp3) is 0.625. The van der Waals surface area contributed by atoms with Crippen molar-refractivity contribution in [2.45, 2.75) is 32.7 Å². The van der Waals surface area contributed by atoms with Gasteiger partial charge in [-0.15, -0.1) is 0 Å². The van der Waals surface area contributed by atoms with Crippen molar-refractivity contribution < 1.29 is 4.92 Å². The predicted molar refractivity (Wildman–Crippen MR) is 48.5 cm³/mol. The standard InChI is InChI=1S/C8H13N3O2/c1-3-4-7(2)10-6-8(5-9-10)11(12)13/h5-7H,3-4H2,1-2H3. The summed E-state index contributed by atoms with van der Waals surface area (Å²) in [5.41, 5.74) is 0.0583. The van der Waals surface area contributed by atoms with Crippen molar-refractivity contribution >= 4 is 5.69 Å². The van der Waals surface area contributed by atoms with E-state index in [0.717, 1.165) is 12.8 Å². The molecule has 0 fully saturated rings. The van der Waals surface area contributed by atoms with Crippen LogP contribution in [-0.2, 0) is 0 Å². The van der Waals surface area contributed by atoms with Crippen molar-refractivity contribution in [3.05, 3.63) is 22.5 Å². The molecule has 0 radical (unpaired) electrons. The van der Waals surface area contributed by atoms with E-state index in [1.165, 1.54) is 12.4 Å². The SMILES string of the molecule is CCCC(C)n1cc([N+](=O)[O-])cn1. The first kappa shape index (κ1) is 9.70. The lowest BCUT2D eigenvalue weighted by Crippen LogP contribution is -2.04. The Kier molecular flexibility index (Phi) is 3.00. The maximum Gasteiger partial charge on any atom is 0.307 e. The van der Waals surface area contributed by atoms with E-state index in [0.29, 0.717) is 0 Å². The zero-order valence-electron chi connectivity index (χ0n) is 7.80. The Morgan fingerprint density at radius 3 is 2.92 bits per heavy atom. The molecule has 1 atom stereocenters. The molecule has 0 amide bonds. The first-order chi connectivity index (χ1) is 6.15. The van der Waals surface area contributed by atoms with E-state index in [1.54, 1.807) is 4.68 Å². The summed E-state index contributed by atoms with van der Waals surface area (Å²) < 4.78 is 1.64. The third-order valence-electron chi connectivity index (χ3n) is 1.96. The molecule has 0 aromatic carbocycles. The monoisotopic (exact) mass is 183 g/mol. The van der Waals surface area contributed by atoms with Crippen LogP contribution in [0.1, 0.15) is 32.7 Å². The molecular weight excluding hydrogens is 170 g/mol. The van der Waals surface area contributed by atoms with Crippen LogP contribution in [0.15, 0.2) is 12.4 Å². The van der Waals surface area contributed by atoms with Gasteiger partial charge in [-0.05, 0) is 13.3 Å². The van der Waals surface area contributed by atoms with Crippen molar-refractivity contribution in [3.8, 4) is 0 Å². The zero-order chi connectivity index (χ0) is 9.84. The summed E-state index contributed by atoms with van der Waals surface area (Å²) >= 11 is 0. The highest BCUT2D eigenvalue weighted by molar-refractivity contribution is 5.20. The van der Waals surface area contributed by atoms with Crippen LogP contribution < -0.4 is 0 Å². The summed E-state index contributed by atoms with van der Waals surface area (Å²) in [5, 5.41) is 14.3. The minimum Gasteiger partial charge on any atom is -0.263 e. The highest BCUT2D eigenvalue weighted by Crippen LogP contribution is 2.15. The van der Waals surface area contributed by atoms with Crippen LogP contribution >= 0.6 is 0 Å². The largest absolute Gasteiger partial charge is 0.307 e. The van der Waals surface area contributed by atoms with Gasteiger partial charge in [0.1, 0.15) is 12.4 Å². The van der Waals surface area contributed by atoms with E-state index in [-0.39, 0.29) is 11.7 Å². The number of nitrogens with zero attached hydrogens (tertiary/aromatic N) is 3. The number of hydrogen-bond acceptors (Lipinski definition) is 3. The van der Waals surface area contributed by atoms with Crippen molar-refractivity contribution in [1.29, 1.82) is 0 Å². The Hall–Kier alpha value is -1.39. The summed E-state index contributed by atoms with van der Waals surface area (Å²) in [4.78, 5) is 9.92.